The first-order valence-electron chi connectivity index (χ1n) is 11.0. The first-order valence-corrected chi connectivity index (χ1v) is 11.0. The molecule has 0 aromatic heterocycles. The number of hydrogen-bond acceptors (Lipinski definition) is 7. The maximum Gasteiger partial charge on any atom is 0.491 e. The fraction of sp³-hybridized carbons (Fsp3) is 0.318. The summed E-state index contributed by atoms with van der Waals surface area (Å²) >= 11 is 0. The van der Waals surface area contributed by atoms with Gasteiger partial charge >= 0.3 is 20.2 Å². The Morgan fingerprint density at radius 3 is 2.12 bits per heavy atom. The Kier molecular flexibility index (Phi) is 7.32. The van der Waals surface area contributed by atoms with E-state index in [1.54, 1.807) is 30.3 Å². The van der Waals surface area contributed by atoms with Gasteiger partial charge in [-0.05, 0) is 59.2 Å². The van der Waals surface area contributed by atoms with Gasteiger partial charge in [-0.1, -0.05) is 12.1 Å². The fourth-order valence-electron chi connectivity index (χ4n) is 4.03. The molecule has 0 saturated carbocycles. The van der Waals surface area contributed by atoms with Crippen molar-refractivity contribution in [3.05, 3.63) is 58.7 Å². The van der Waals surface area contributed by atoms with E-state index in [0.717, 1.165) is 11.1 Å². The molecule has 0 atom stereocenters. The molecule has 0 aliphatic carbocycles. The second-order valence-electron chi connectivity index (χ2n) is 8.24. The first kappa shape index (κ1) is 24.0. The van der Waals surface area contributed by atoms with Crippen LogP contribution in [0.4, 0.5) is 0 Å². The molecule has 34 heavy (non-hydrogen) atoms. The third kappa shape index (κ3) is 5.31. The normalized spacial score (nSPS) is 14.1. The molecule has 0 fully saturated rings. The lowest BCUT2D eigenvalue weighted by atomic mass is 9.78. The molecule has 2 aromatic rings. The molecule has 4 rings (SSSR count). The van der Waals surface area contributed by atoms with Gasteiger partial charge in [-0.15, -0.1) is 0 Å². The van der Waals surface area contributed by atoms with Crippen LogP contribution in [0.15, 0.2) is 36.4 Å². The number of aliphatic carboxylic acids is 1. The van der Waals surface area contributed by atoms with Crippen molar-refractivity contribution in [2.24, 2.45) is 0 Å². The van der Waals surface area contributed by atoms with Crippen LogP contribution in [0, 0.1) is 0 Å². The summed E-state index contributed by atoms with van der Waals surface area (Å²) in [6, 6.07) is 9.84. The van der Waals surface area contributed by atoms with Gasteiger partial charge in [-0.2, -0.15) is 0 Å². The number of nitrogens with zero attached hydrogens (tertiary/aromatic N) is 1. The molecule has 2 heterocycles. The van der Waals surface area contributed by atoms with Gasteiger partial charge in [0.15, 0.2) is 0 Å². The van der Waals surface area contributed by atoms with Crippen LogP contribution in [0.2, 0.25) is 0 Å². The van der Waals surface area contributed by atoms with Gasteiger partial charge in [0, 0.05) is 24.2 Å². The number of amides is 2. The number of nitrogens with one attached hydrogen (secondary N) is 1. The highest BCUT2D eigenvalue weighted by Crippen LogP contribution is 2.14. The zero-order valence-corrected chi connectivity index (χ0v) is 18.4. The van der Waals surface area contributed by atoms with E-state index in [-0.39, 0.29) is 24.6 Å². The first-order chi connectivity index (χ1) is 16.3. The molecule has 10 nitrogen and oxygen atoms in total. The maximum atomic E-state index is 12.9. The summed E-state index contributed by atoms with van der Waals surface area (Å²) < 4.78 is 10.3. The molecule has 4 N–H and O–H groups in total. The Bertz CT molecular complexity index is 1110. The monoisotopic (exact) mass is 466 g/mol. The molecule has 0 spiro atoms. The average molecular weight is 466 g/mol. The summed E-state index contributed by atoms with van der Waals surface area (Å²) in [4.78, 5) is 37.8. The summed E-state index contributed by atoms with van der Waals surface area (Å²) in [6.07, 6.45) is 1.01. The molecule has 176 valence electrons. The van der Waals surface area contributed by atoms with Crippen LogP contribution in [-0.4, -0.2) is 71.7 Å². The predicted octanol–water partition coefficient (Wildman–Crippen LogP) is -1.14. The van der Waals surface area contributed by atoms with Crippen LogP contribution in [0.3, 0.4) is 0 Å². The van der Waals surface area contributed by atoms with Crippen molar-refractivity contribution >= 4 is 42.9 Å². The highest BCUT2D eigenvalue weighted by Gasteiger charge is 2.29. The molecule has 0 radical (unpaired) electrons. The highest BCUT2D eigenvalue weighted by molar-refractivity contribution is 6.62. The highest BCUT2D eigenvalue weighted by atomic mass is 16.5. The van der Waals surface area contributed by atoms with Gasteiger partial charge in [-0.3, -0.25) is 14.4 Å². The largest absolute Gasteiger partial charge is 0.491 e. The van der Waals surface area contributed by atoms with E-state index in [4.69, 9.17) is 9.31 Å². The maximum absolute atomic E-state index is 12.9. The number of unbranched alkanes of at least 4 members (excludes halogenated alkanes) is 1. The van der Waals surface area contributed by atoms with Crippen LogP contribution >= 0.6 is 0 Å². The standard InChI is InChI=1S/C22H24B2N2O8/c27-20(28)11-26(22(30)15-4-6-17-13-34-24(32)19(17)10-15)8-2-1-7-25-21(29)14-3-5-16-12-33-23(31)18(16)9-14/h3-6,9-10,31-32H,1-2,7-8,11-13H2,(H,25,29)(H,27,28). The lowest BCUT2D eigenvalue weighted by molar-refractivity contribution is -0.137. The topological polar surface area (TPSA) is 146 Å². The number of carboxylic acids is 1. The van der Waals surface area contributed by atoms with Gasteiger partial charge in [0.2, 0.25) is 0 Å². The molecule has 2 aromatic carbocycles. The van der Waals surface area contributed by atoms with Gasteiger partial charge in [-0.25, -0.2) is 0 Å². The number of benzene rings is 2. The van der Waals surface area contributed by atoms with Crippen LogP contribution in [-0.2, 0) is 27.3 Å². The Hall–Kier alpha value is -3.18. The molecule has 12 heteroatoms. The molecule has 0 bridgehead atoms. The van der Waals surface area contributed by atoms with Crippen molar-refractivity contribution in [1.29, 1.82) is 0 Å². The van der Waals surface area contributed by atoms with E-state index in [1.807, 2.05) is 0 Å². The third-order valence-corrected chi connectivity index (χ3v) is 5.88. The van der Waals surface area contributed by atoms with Crippen molar-refractivity contribution in [3.8, 4) is 0 Å². The Morgan fingerprint density at radius 2 is 1.50 bits per heavy atom. The van der Waals surface area contributed by atoms with Crippen LogP contribution in [0.5, 0.6) is 0 Å². The molecular weight excluding hydrogens is 442 g/mol. The average Bonchev–Trinajstić information content (AvgIpc) is 3.39. The summed E-state index contributed by atoms with van der Waals surface area (Å²) in [5.74, 6) is -1.87. The number of carbonyl (C=O) groups is 3. The minimum atomic E-state index is -1.13. The van der Waals surface area contributed by atoms with E-state index < -0.39 is 32.7 Å². The van der Waals surface area contributed by atoms with Crippen LogP contribution in [0.1, 0.15) is 44.7 Å². The number of carboxylic acid groups (broad SMARTS) is 1. The van der Waals surface area contributed by atoms with Crippen molar-refractivity contribution in [1.82, 2.24) is 10.2 Å². The van der Waals surface area contributed by atoms with E-state index in [0.29, 0.717) is 42.5 Å². The number of carbonyl (C=O) groups excluding carboxylic acids is 2. The van der Waals surface area contributed by atoms with Crippen molar-refractivity contribution in [2.45, 2.75) is 26.1 Å². The predicted molar refractivity (Wildman–Crippen MR) is 123 cm³/mol. The van der Waals surface area contributed by atoms with Crippen LogP contribution in [0.25, 0.3) is 0 Å². The molecular formula is C22H24B2N2O8. The second-order valence-corrected chi connectivity index (χ2v) is 8.24. The van der Waals surface area contributed by atoms with Gasteiger partial charge < -0.3 is 34.7 Å². The second kappa shape index (κ2) is 10.4. The van der Waals surface area contributed by atoms with E-state index >= 15 is 0 Å². The summed E-state index contributed by atoms with van der Waals surface area (Å²) in [5, 5.41) is 31.7. The lowest BCUT2D eigenvalue weighted by Crippen LogP contribution is -2.38. The number of rotatable bonds is 9. The zero-order valence-electron chi connectivity index (χ0n) is 18.4. The summed E-state index contributed by atoms with van der Waals surface area (Å²) in [5.41, 5.74) is 3.41. The smallest absolute Gasteiger partial charge is 0.480 e. The SMILES string of the molecule is O=C(O)CN(CCCCNC(=O)c1ccc2c(c1)B(O)OC2)C(=O)c1ccc2c(c1)B(O)OC2. The Labute approximate surface area is 196 Å². The quantitative estimate of drug-likeness (QED) is 0.268. The third-order valence-electron chi connectivity index (χ3n) is 5.88. The zero-order chi connectivity index (χ0) is 24.2. The molecule has 2 aliphatic rings. The Balaban J connectivity index is 1.29. The summed E-state index contributed by atoms with van der Waals surface area (Å²) in [7, 11) is -2.12. The van der Waals surface area contributed by atoms with Gasteiger partial charge in [0.1, 0.15) is 6.54 Å². The molecule has 2 aliphatic heterocycles. The summed E-state index contributed by atoms with van der Waals surface area (Å²) in [6.45, 7) is 0.645. The molecule has 0 saturated heterocycles. The van der Waals surface area contributed by atoms with Gasteiger partial charge in [0.05, 0.1) is 13.2 Å². The van der Waals surface area contributed by atoms with Crippen molar-refractivity contribution in [2.75, 3.05) is 19.6 Å². The van der Waals surface area contributed by atoms with Crippen molar-refractivity contribution in [3.63, 3.8) is 0 Å². The number of fused-ring (bicyclic) bond motifs is 2. The molecule has 2 amide bonds. The molecule has 0 unspecified atom stereocenters. The van der Waals surface area contributed by atoms with E-state index in [9.17, 15) is 29.5 Å². The minimum Gasteiger partial charge on any atom is -0.480 e. The Morgan fingerprint density at radius 1 is 0.912 bits per heavy atom. The minimum absolute atomic E-state index is 0.194. The van der Waals surface area contributed by atoms with E-state index in [1.165, 1.54) is 11.0 Å². The van der Waals surface area contributed by atoms with E-state index in [2.05, 4.69) is 5.32 Å². The van der Waals surface area contributed by atoms with Crippen molar-refractivity contribution < 1.29 is 38.8 Å². The van der Waals surface area contributed by atoms with Crippen LogP contribution < -0.4 is 16.2 Å². The van der Waals surface area contributed by atoms with Gasteiger partial charge in [0.25, 0.3) is 11.8 Å². The fourth-order valence-corrected chi connectivity index (χ4v) is 4.03. The lowest BCUT2D eigenvalue weighted by Gasteiger charge is -2.21. The number of hydrogen-bond donors (Lipinski definition) is 4.